The lowest BCUT2D eigenvalue weighted by molar-refractivity contribution is 0.385. The van der Waals surface area contributed by atoms with E-state index in [2.05, 4.69) is 0 Å². The number of rotatable bonds is 6. The highest BCUT2D eigenvalue weighted by Gasteiger charge is 2.37. The van der Waals surface area contributed by atoms with Crippen LogP contribution < -0.4 is 30.6 Å². The van der Waals surface area contributed by atoms with E-state index < -0.39 is 75.3 Å². The van der Waals surface area contributed by atoms with Gasteiger partial charge >= 0.3 is 0 Å². The van der Waals surface area contributed by atoms with Crippen LogP contribution in [0.2, 0.25) is 0 Å². The minimum absolute atomic E-state index is 0.395. The van der Waals surface area contributed by atoms with E-state index in [1.54, 1.807) is 0 Å². The van der Waals surface area contributed by atoms with Gasteiger partial charge in [0.2, 0.25) is 0 Å². The summed E-state index contributed by atoms with van der Waals surface area (Å²) in [4.78, 5) is 0. The predicted octanol–water partition coefficient (Wildman–Crippen LogP) is 3.06. The van der Waals surface area contributed by atoms with Gasteiger partial charge in [-0.2, -0.15) is 0 Å². The zero-order chi connectivity index (χ0) is 22.9. The molecule has 0 aliphatic heterocycles. The van der Waals surface area contributed by atoms with Crippen LogP contribution in [0, 0.1) is 34.9 Å². The molecule has 3 rings (SSSR count). The van der Waals surface area contributed by atoms with Crippen LogP contribution >= 0.6 is 0 Å². The Morgan fingerprint density at radius 1 is 0.613 bits per heavy atom. The topological polar surface area (TPSA) is 27.7 Å². The number of hydrogen-bond acceptors (Lipinski definition) is 3. The first-order valence-electron chi connectivity index (χ1n) is 8.81. The molecule has 3 aromatic carbocycles. The predicted molar refractivity (Wildman–Crippen MR) is 103 cm³/mol. The second-order valence-electron chi connectivity index (χ2n) is 6.43. The van der Waals surface area contributed by atoms with Crippen molar-refractivity contribution in [3.05, 3.63) is 71.3 Å². The van der Waals surface area contributed by atoms with Crippen molar-refractivity contribution < 1.29 is 40.6 Å². The SMILES string of the molecule is COc1ccc(F)c(B(c2cc(F)cc(F)c2OC)c2cc(F)cc(F)c2OC)c1F. The van der Waals surface area contributed by atoms with Crippen LogP contribution in [-0.4, -0.2) is 28.0 Å². The fraction of sp³-hybridized carbons (Fsp3) is 0.143. The number of halogens is 6. The summed E-state index contributed by atoms with van der Waals surface area (Å²) >= 11 is 0. The smallest absolute Gasteiger partial charge is 0.259 e. The van der Waals surface area contributed by atoms with Gasteiger partial charge in [-0.05, 0) is 35.2 Å². The molecule has 3 aromatic rings. The molecule has 0 atom stereocenters. The Hall–Kier alpha value is -3.30. The highest BCUT2D eigenvalue weighted by molar-refractivity contribution is 6.96. The van der Waals surface area contributed by atoms with Crippen LogP contribution in [-0.2, 0) is 0 Å². The maximum absolute atomic E-state index is 15.2. The summed E-state index contributed by atoms with van der Waals surface area (Å²) < 4.78 is 102. The third-order valence-corrected chi connectivity index (χ3v) is 4.70. The molecular formula is C21H15BF6O3. The van der Waals surface area contributed by atoms with Crippen LogP contribution in [0.4, 0.5) is 26.3 Å². The van der Waals surface area contributed by atoms with Crippen LogP contribution in [0.1, 0.15) is 0 Å². The first kappa shape index (κ1) is 22.4. The zero-order valence-corrected chi connectivity index (χ0v) is 16.5. The van der Waals surface area contributed by atoms with E-state index in [0.29, 0.717) is 12.1 Å². The lowest BCUT2D eigenvalue weighted by atomic mass is 9.36. The zero-order valence-electron chi connectivity index (χ0n) is 16.5. The number of ether oxygens (including phenoxy) is 3. The van der Waals surface area contributed by atoms with Crippen molar-refractivity contribution in [2.24, 2.45) is 0 Å². The summed E-state index contributed by atoms with van der Waals surface area (Å²) in [5, 5.41) is 0. The Balaban J connectivity index is 2.51. The molecule has 0 heterocycles. The van der Waals surface area contributed by atoms with E-state index in [0.717, 1.165) is 45.6 Å². The average Bonchev–Trinajstić information content (AvgIpc) is 2.70. The quantitative estimate of drug-likeness (QED) is 0.436. The Bertz CT molecular complexity index is 1080. The van der Waals surface area contributed by atoms with E-state index >= 15 is 4.39 Å². The van der Waals surface area contributed by atoms with Crippen molar-refractivity contribution in [3.8, 4) is 17.2 Å². The molecule has 0 aliphatic carbocycles. The molecule has 0 spiro atoms. The maximum Gasteiger partial charge on any atom is 0.259 e. The van der Waals surface area contributed by atoms with Gasteiger partial charge in [0.1, 0.15) is 29.0 Å². The molecular weight excluding hydrogens is 425 g/mol. The minimum atomic E-state index is -1.77. The van der Waals surface area contributed by atoms with Gasteiger partial charge in [-0.25, -0.2) is 26.3 Å². The van der Waals surface area contributed by atoms with E-state index in [4.69, 9.17) is 14.2 Å². The summed E-state index contributed by atoms with van der Waals surface area (Å²) in [5.41, 5.74) is -1.62. The Labute approximate surface area is 174 Å². The van der Waals surface area contributed by atoms with Gasteiger partial charge < -0.3 is 14.2 Å². The normalized spacial score (nSPS) is 10.7. The molecule has 0 aliphatic rings. The maximum atomic E-state index is 15.2. The van der Waals surface area contributed by atoms with Crippen molar-refractivity contribution in [2.45, 2.75) is 0 Å². The third kappa shape index (κ3) is 4.02. The van der Waals surface area contributed by atoms with Gasteiger partial charge in [-0.3, -0.25) is 0 Å². The van der Waals surface area contributed by atoms with Crippen molar-refractivity contribution >= 4 is 23.1 Å². The van der Waals surface area contributed by atoms with Crippen molar-refractivity contribution in [2.75, 3.05) is 21.3 Å². The summed E-state index contributed by atoms with van der Waals surface area (Å²) in [6.07, 6.45) is 0. The van der Waals surface area contributed by atoms with Crippen molar-refractivity contribution in [1.29, 1.82) is 0 Å². The molecule has 0 saturated heterocycles. The van der Waals surface area contributed by atoms with Crippen molar-refractivity contribution in [3.63, 3.8) is 0 Å². The summed E-state index contributed by atoms with van der Waals surface area (Å²) in [6.45, 7) is -1.77. The molecule has 0 N–H and O–H groups in total. The first-order chi connectivity index (χ1) is 14.7. The lowest BCUT2D eigenvalue weighted by Crippen LogP contribution is -2.56. The van der Waals surface area contributed by atoms with Crippen LogP contribution in [0.3, 0.4) is 0 Å². The highest BCUT2D eigenvalue weighted by Crippen LogP contribution is 2.23. The summed E-state index contributed by atoms with van der Waals surface area (Å²) in [5.74, 6) is -8.47. The minimum Gasteiger partial charge on any atom is -0.494 e. The van der Waals surface area contributed by atoms with Crippen LogP contribution in [0.25, 0.3) is 0 Å². The Morgan fingerprint density at radius 2 is 1.10 bits per heavy atom. The monoisotopic (exact) mass is 440 g/mol. The van der Waals surface area contributed by atoms with Gasteiger partial charge in [0.15, 0.2) is 23.2 Å². The molecule has 0 saturated carbocycles. The van der Waals surface area contributed by atoms with Gasteiger partial charge in [0.25, 0.3) is 6.71 Å². The molecule has 0 aromatic heterocycles. The second kappa shape index (κ2) is 8.83. The third-order valence-electron chi connectivity index (χ3n) is 4.70. The lowest BCUT2D eigenvalue weighted by Gasteiger charge is -2.22. The van der Waals surface area contributed by atoms with E-state index in [1.165, 1.54) is 0 Å². The van der Waals surface area contributed by atoms with Crippen LogP contribution in [0.15, 0.2) is 36.4 Å². The molecule has 162 valence electrons. The van der Waals surface area contributed by atoms with Crippen molar-refractivity contribution in [1.82, 2.24) is 0 Å². The molecule has 0 radical (unpaired) electrons. The molecule has 10 heteroatoms. The average molecular weight is 440 g/mol. The molecule has 0 amide bonds. The summed E-state index contributed by atoms with van der Waals surface area (Å²) in [7, 11) is 3.23. The van der Waals surface area contributed by atoms with Gasteiger partial charge in [0, 0.05) is 17.6 Å². The largest absolute Gasteiger partial charge is 0.494 e. The highest BCUT2D eigenvalue weighted by atomic mass is 19.2. The standard InChI is InChI=1S/C21H15BF6O3/c1-29-17-5-4-14(25)18(19(17)28)22(12-6-10(23)8-15(26)20(12)30-2)13-7-11(24)9-16(27)21(13)31-3/h4-9H,1-3H3. The number of benzene rings is 3. The molecule has 3 nitrogen and oxygen atoms in total. The second-order valence-corrected chi connectivity index (χ2v) is 6.43. The van der Waals surface area contributed by atoms with Gasteiger partial charge in [-0.15, -0.1) is 0 Å². The fourth-order valence-electron chi connectivity index (χ4n) is 3.47. The molecule has 0 unspecified atom stereocenters. The number of hydrogen-bond donors (Lipinski definition) is 0. The van der Waals surface area contributed by atoms with Gasteiger partial charge in [-0.1, -0.05) is 0 Å². The first-order valence-corrected chi connectivity index (χ1v) is 8.81. The fourth-order valence-corrected chi connectivity index (χ4v) is 3.47. The van der Waals surface area contributed by atoms with E-state index in [-0.39, 0.29) is 0 Å². The molecule has 0 fully saturated rings. The Kier molecular flexibility index (Phi) is 6.38. The van der Waals surface area contributed by atoms with E-state index in [1.807, 2.05) is 0 Å². The molecule has 31 heavy (non-hydrogen) atoms. The Morgan fingerprint density at radius 3 is 1.52 bits per heavy atom. The number of methoxy groups -OCH3 is 3. The summed E-state index contributed by atoms with van der Waals surface area (Å²) in [6, 6.07) is 4.37. The van der Waals surface area contributed by atoms with Gasteiger partial charge in [0.05, 0.1) is 21.3 Å². The molecule has 0 bridgehead atoms. The van der Waals surface area contributed by atoms with Crippen LogP contribution in [0.5, 0.6) is 17.2 Å². The van der Waals surface area contributed by atoms with E-state index in [9.17, 15) is 22.0 Å².